The summed E-state index contributed by atoms with van der Waals surface area (Å²) in [6.45, 7) is 10.3. The molecule has 0 spiro atoms. The summed E-state index contributed by atoms with van der Waals surface area (Å²) >= 11 is 0.988. The van der Waals surface area contributed by atoms with Crippen LogP contribution in [0, 0.1) is 5.92 Å². The van der Waals surface area contributed by atoms with Gasteiger partial charge in [-0.1, -0.05) is 13.8 Å². The third kappa shape index (κ3) is 8.40. The number of likely N-dealkylation sites (tertiary alicyclic amines) is 1. The molecular formula is C18H31F3IN5S. The van der Waals surface area contributed by atoms with Crippen molar-refractivity contribution in [3.63, 3.8) is 0 Å². The molecular weight excluding hydrogens is 502 g/mol. The van der Waals surface area contributed by atoms with Gasteiger partial charge in [-0.3, -0.25) is 4.90 Å². The number of rotatable bonds is 8. The van der Waals surface area contributed by atoms with Gasteiger partial charge in [0.2, 0.25) is 0 Å². The van der Waals surface area contributed by atoms with Crippen LogP contribution in [0.5, 0.6) is 0 Å². The van der Waals surface area contributed by atoms with Gasteiger partial charge < -0.3 is 10.6 Å². The van der Waals surface area contributed by atoms with Crippen molar-refractivity contribution in [2.24, 2.45) is 10.9 Å². The Morgan fingerprint density at radius 2 is 1.96 bits per heavy atom. The third-order valence-electron chi connectivity index (χ3n) is 4.46. The molecule has 1 aromatic heterocycles. The van der Waals surface area contributed by atoms with Gasteiger partial charge in [0.25, 0.3) is 0 Å². The fraction of sp³-hybridized carbons (Fsp3) is 0.778. The van der Waals surface area contributed by atoms with Gasteiger partial charge >= 0.3 is 6.18 Å². The lowest BCUT2D eigenvalue weighted by molar-refractivity contribution is -0.140. The molecule has 0 aromatic carbocycles. The highest BCUT2D eigenvalue weighted by atomic mass is 127. The lowest BCUT2D eigenvalue weighted by Gasteiger charge is -2.29. The third-order valence-corrected chi connectivity index (χ3v) is 5.30. The minimum absolute atomic E-state index is 0. The smallest absolute Gasteiger partial charge is 0.357 e. The zero-order chi connectivity index (χ0) is 19.9. The van der Waals surface area contributed by atoms with Crippen LogP contribution >= 0.6 is 35.3 Å². The van der Waals surface area contributed by atoms with E-state index in [9.17, 15) is 13.2 Å². The molecule has 0 aliphatic carbocycles. The van der Waals surface area contributed by atoms with E-state index in [2.05, 4.69) is 39.4 Å². The van der Waals surface area contributed by atoms with Crippen LogP contribution in [0.25, 0.3) is 0 Å². The molecule has 1 aliphatic heterocycles. The maximum atomic E-state index is 12.7. The first-order chi connectivity index (χ1) is 12.8. The van der Waals surface area contributed by atoms with Crippen molar-refractivity contribution in [3.8, 4) is 0 Å². The zero-order valence-electron chi connectivity index (χ0n) is 16.7. The van der Waals surface area contributed by atoms with E-state index in [0.29, 0.717) is 29.5 Å². The number of hydrogen-bond donors (Lipinski definition) is 2. The molecule has 10 heteroatoms. The van der Waals surface area contributed by atoms with Crippen molar-refractivity contribution < 1.29 is 13.2 Å². The first kappa shape index (κ1) is 25.4. The molecule has 1 aromatic rings. The number of thiazole rings is 1. The molecule has 1 unspecified atom stereocenters. The summed E-state index contributed by atoms with van der Waals surface area (Å²) in [6, 6.07) is 0.438. The summed E-state index contributed by atoms with van der Waals surface area (Å²) in [5.74, 6) is 1.22. The number of nitrogens with one attached hydrogen (secondary N) is 2. The SMILES string of the molecule is CCNC(=NCc1nc(C(F)(F)F)cs1)NCC(CC(C)C)N1CCCC1.I. The lowest BCUT2D eigenvalue weighted by atomic mass is 10.0. The monoisotopic (exact) mass is 533 g/mol. The van der Waals surface area contributed by atoms with Crippen molar-refractivity contribution >= 4 is 41.3 Å². The van der Waals surface area contributed by atoms with Crippen molar-refractivity contribution in [3.05, 3.63) is 16.1 Å². The van der Waals surface area contributed by atoms with E-state index < -0.39 is 11.9 Å². The molecule has 1 aliphatic rings. The molecule has 28 heavy (non-hydrogen) atoms. The van der Waals surface area contributed by atoms with Crippen LogP contribution in [-0.2, 0) is 12.7 Å². The first-order valence-electron chi connectivity index (χ1n) is 9.57. The second-order valence-corrected chi connectivity index (χ2v) is 8.17. The van der Waals surface area contributed by atoms with Crippen LogP contribution in [0.15, 0.2) is 10.4 Å². The van der Waals surface area contributed by atoms with Crippen LogP contribution in [-0.4, -0.2) is 48.1 Å². The summed E-state index contributed by atoms with van der Waals surface area (Å²) in [7, 11) is 0. The number of aliphatic imine (C=N–C) groups is 1. The Morgan fingerprint density at radius 3 is 2.50 bits per heavy atom. The summed E-state index contributed by atoms with van der Waals surface area (Å²) in [5.41, 5.74) is -0.846. The van der Waals surface area contributed by atoms with Gasteiger partial charge in [-0.25, -0.2) is 9.98 Å². The van der Waals surface area contributed by atoms with Crippen molar-refractivity contribution in [1.29, 1.82) is 0 Å². The zero-order valence-corrected chi connectivity index (χ0v) is 19.8. The average molecular weight is 533 g/mol. The molecule has 2 N–H and O–H groups in total. The summed E-state index contributed by atoms with van der Waals surface area (Å²) in [4.78, 5) is 10.6. The molecule has 0 radical (unpaired) electrons. The van der Waals surface area contributed by atoms with Crippen molar-refractivity contribution in [2.45, 2.75) is 58.8 Å². The summed E-state index contributed by atoms with van der Waals surface area (Å²) in [5, 5.41) is 7.92. The van der Waals surface area contributed by atoms with Gasteiger partial charge in [-0.05, 0) is 45.2 Å². The first-order valence-corrected chi connectivity index (χ1v) is 10.5. The van der Waals surface area contributed by atoms with Crippen molar-refractivity contribution in [1.82, 2.24) is 20.5 Å². The number of nitrogens with zero attached hydrogens (tertiary/aromatic N) is 3. The molecule has 162 valence electrons. The van der Waals surface area contributed by atoms with E-state index in [4.69, 9.17) is 0 Å². The molecule has 0 amide bonds. The van der Waals surface area contributed by atoms with Gasteiger partial charge in [0, 0.05) is 24.5 Å². The predicted octanol–water partition coefficient (Wildman–Crippen LogP) is 4.35. The summed E-state index contributed by atoms with van der Waals surface area (Å²) < 4.78 is 38.0. The second kappa shape index (κ2) is 12.2. The second-order valence-electron chi connectivity index (χ2n) is 7.23. The normalized spacial score (nSPS) is 16.9. The lowest BCUT2D eigenvalue weighted by Crippen LogP contribution is -2.47. The molecule has 1 saturated heterocycles. The maximum absolute atomic E-state index is 12.7. The van der Waals surface area contributed by atoms with Crippen LogP contribution in [0.4, 0.5) is 13.2 Å². The number of alkyl halides is 3. The van der Waals surface area contributed by atoms with Gasteiger partial charge in [0.1, 0.15) is 5.01 Å². The molecule has 0 saturated carbocycles. The Bertz CT molecular complexity index is 600. The van der Waals surface area contributed by atoms with E-state index in [-0.39, 0.29) is 30.5 Å². The minimum atomic E-state index is -4.40. The fourth-order valence-electron chi connectivity index (χ4n) is 3.23. The predicted molar refractivity (Wildman–Crippen MR) is 119 cm³/mol. The molecule has 1 fully saturated rings. The maximum Gasteiger partial charge on any atom is 0.434 e. The number of hydrogen-bond acceptors (Lipinski definition) is 4. The van der Waals surface area contributed by atoms with Crippen LogP contribution in [0.3, 0.4) is 0 Å². The van der Waals surface area contributed by atoms with Crippen molar-refractivity contribution in [2.75, 3.05) is 26.2 Å². The molecule has 2 heterocycles. The standard InChI is InChI=1S/C18H30F3N5S.HI/c1-4-22-17(24-11-16-25-15(12-27-16)18(19,20)21)23-10-14(9-13(2)3)26-7-5-6-8-26;/h12-14H,4-11H2,1-3H3,(H2,22,23,24);1H. The molecule has 2 rings (SSSR count). The van der Waals surface area contributed by atoms with Gasteiger partial charge in [0.05, 0.1) is 6.54 Å². The number of halogens is 4. The Morgan fingerprint density at radius 1 is 1.29 bits per heavy atom. The van der Waals surface area contributed by atoms with E-state index >= 15 is 0 Å². The van der Waals surface area contributed by atoms with Gasteiger partial charge in [-0.2, -0.15) is 13.2 Å². The van der Waals surface area contributed by atoms with E-state index in [0.717, 1.165) is 42.8 Å². The number of guanidine groups is 1. The Balaban J connectivity index is 0.00000392. The van der Waals surface area contributed by atoms with E-state index in [1.807, 2.05) is 6.92 Å². The highest BCUT2D eigenvalue weighted by molar-refractivity contribution is 14.0. The summed E-state index contributed by atoms with van der Waals surface area (Å²) in [6.07, 6.45) is -0.808. The minimum Gasteiger partial charge on any atom is -0.357 e. The largest absolute Gasteiger partial charge is 0.434 e. The van der Waals surface area contributed by atoms with E-state index in [1.165, 1.54) is 12.8 Å². The van der Waals surface area contributed by atoms with Gasteiger partial charge in [-0.15, -0.1) is 35.3 Å². The quantitative estimate of drug-likeness (QED) is 0.297. The Hall–Kier alpha value is -0.620. The molecule has 5 nitrogen and oxygen atoms in total. The number of aromatic nitrogens is 1. The van der Waals surface area contributed by atoms with Gasteiger partial charge in [0.15, 0.2) is 11.7 Å². The highest BCUT2D eigenvalue weighted by Gasteiger charge is 2.33. The molecule has 1 atom stereocenters. The Labute approximate surface area is 186 Å². The van der Waals surface area contributed by atoms with E-state index in [1.54, 1.807) is 0 Å². The highest BCUT2D eigenvalue weighted by Crippen LogP contribution is 2.30. The topological polar surface area (TPSA) is 52.6 Å². The van der Waals surface area contributed by atoms with Crippen LogP contribution in [0.2, 0.25) is 0 Å². The Kier molecular flexibility index (Phi) is 11.0. The fourth-order valence-corrected chi connectivity index (χ4v) is 3.95. The average Bonchev–Trinajstić information content (AvgIpc) is 3.26. The van der Waals surface area contributed by atoms with Crippen LogP contribution < -0.4 is 10.6 Å². The van der Waals surface area contributed by atoms with Crippen LogP contribution in [0.1, 0.15) is 50.7 Å². The molecule has 0 bridgehead atoms.